The Morgan fingerprint density at radius 1 is 1.21 bits per heavy atom. The molecule has 122 valence electrons. The second kappa shape index (κ2) is 6.76. The van der Waals surface area contributed by atoms with Gasteiger partial charge < -0.3 is 15.1 Å². The third-order valence-corrected chi connectivity index (χ3v) is 3.85. The first-order valence-electron chi connectivity index (χ1n) is 7.35. The number of aromatic nitrogens is 1. The van der Waals surface area contributed by atoms with Crippen molar-refractivity contribution in [2.75, 3.05) is 11.9 Å². The van der Waals surface area contributed by atoms with Gasteiger partial charge in [0, 0.05) is 23.8 Å². The van der Waals surface area contributed by atoms with Crippen molar-refractivity contribution in [1.29, 1.82) is 0 Å². The van der Waals surface area contributed by atoms with Crippen molar-refractivity contribution in [3.63, 3.8) is 0 Å². The number of nitrogens with two attached hydrogens (primary N) is 1. The van der Waals surface area contributed by atoms with Crippen LogP contribution in [-0.4, -0.2) is 17.9 Å². The third-order valence-electron chi connectivity index (χ3n) is 3.60. The summed E-state index contributed by atoms with van der Waals surface area (Å²) in [5.74, 6) is 1.52. The average Bonchev–Trinajstić information content (AvgIpc) is 3.04. The van der Waals surface area contributed by atoms with Crippen molar-refractivity contribution in [3.05, 3.63) is 71.1 Å². The van der Waals surface area contributed by atoms with Gasteiger partial charge in [-0.25, -0.2) is 4.98 Å². The highest BCUT2D eigenvalue weighted by atomic mass is 35.5. The summed E-state index contributed by atoms with van der Waals surface area (Å²) in [4.78, 5) is 17.6. The molecule has 3 rings (SSSR count). The molecule has 0 aliphatic rings. The molecule has 0 aliphatic heterocycles. The molecule has 0 atom stereocenters. The fraction of sp³-hybridized carbons (Fsp3) is 0.111. The number of anilines is 1. The number of pyridine rings is 1. The Morgan fingerprint density at radius 3 is 2.67 bits per heavy atom. The number of furan rings is 1. The lowest BCUT2D eigenvalue weighted by molar-refractivity contribution is 0.100. The topological polar surface area (TPSA) is 72.4 Å². The number of primary amides is 1. The first-order valence-corrected chi connectivity index (χ1v) is 7.73. The fourth-order valence-electron chi connectivity index (χ4n) is 2.43. The van der Waals surface area contributed by atoms with E-state index >= 15 is 0 Å². The molecule has 6 heteroatoms. The molecule has 0 radical (unpaired) electrons. The van der Waals surface area contributed by atoms with Gasteiger partial charge in [0.05, 0.1) is 12.1 Å². The number of benzene rings is 1. The molecule has 5 nitrogen and oxygen atoms in total. The Kier molecular flexibility index (Phi) is 4.53. The van der Waals surface area contributed by atoms with Crippen molar-refractivity contribution < 1.29 is 9.21 Å². The van der Waals surface area contributed by atoms with Crippen LogP contribution in [0.1, 0.15) is 16.1 Å². The summed E-state index contributed by atoms with van der Waals surface area (Å²) in [6.07, 6.45) is 1.62. The lowest BCUT2D eigenvalue weighted by Gasteiger charge is -2.18. The van der Waals surface area contributed by atoms with Gasteiger partial charge in [0.15, 0.2) is 0 Å². The minimum Gasteiger partial charge on any atom is -0.459 e. The lowest BCUT2D eigenvalue weighted by atomic mass is 10.2. The smallest absolute Gasteiger partial charge is 0.252 e. The number of hydrogen-bond donors (Lipinski definition) is 1. The summed E-state index contributed by atoms with van der Waals surface area (Å²) in [5, 5.41) is 0.680. The number of rotatable bonds is 5. The molecule has 1 amide bonds. The molecule has 0 saturated heterocycles. The zero-order valence-corrected chi connectivity index (χ0v) is 13.8. The van der Waals surface area contributed by atoms with E-state index < -0.39 is 5.91 Å². The maximum atomic E-state index is 11.5. The molecule has 0 bridgehead atoms. The highest BCUT2D eigenvalue weighted by Crippen LogP contribution is 2.25. The molecule has 1 aromatic carbocycles. The van der Waals surface area contributed by atoms with E-state index in [1.807, 2.05) is 48.3 Å². The monoisotopic (exact) mass is 341 g/mol. The normalized spacial score (nSPS) is 10.6. The number of hydrogen-bond acceptors (Lipinski definition) is 4. The molecule has 0 unspecified atom stereocenters. The minimum atomic E-state index is -0.508. The van der Waals surface area contributed by atoms with Crippen LogP contribution < -0.4 is 10.6 Å². The summed E-state index contributed by atoms with van der Waals surface area (Å²) in [6.45, 7) is 0.463. The van der Waals surface area contributed by atoms with E-state index in [4.69, 9.17) is 21.8 Å². The number of carbonyl (C=O) groups excluding carboxylic acids is 1. The van der Waals surface area contributed by atoms with Gasteiger partial charge in [0.1, 0.15) is 17.3 Å². The van der Waals surface area contributed by atoms with Gasteiger partial charge in [-0.05, 0) is 48.5 Å². The van der Waals surface area contributed by atoms with Crippen molar-refractivity contribution in [2.45, 2.75) is 6.54 Å². The predicted octanol–water partition coefficient (Wildman–Crippen LogP) is 3.73. The summed E-state index contributed by atoms with van der Waals surface area (Å²) in [6, 6.07) is 14.6. The SMILES string of the molecule is CN(Cc1ccc(-c2ccc(Cl)cc2)o1)c1ncccc1C(N)=O. The molecule has 24 heavy (non-hydrogen) atoms. The van der Waals surface area contributed by atoms with Crippen LogP contribution in [0.25, 0.3) is 11.3 Å². The molecule has 2 aromatic heterocycles. The van der Waals surface area contributed by atoms with E-state index in [0.29, 0.717) is 22.9 Å². The first kappa shape index (κ1) is 16.1. The maximum absolute atomic E-state index is 11.5. The highest BCUT2D eigenvalue weighted by Gasteiger charge is 2.14. The molecule has 0 fully saturated rings. The Morgan fingerprint density at radius 2 is 1.96 bits per heavy atom. The van der Waals surface area contributed by atoms with Crippen LogP contribution in [0.15, 0.2) is 59.1 Å². The number of halogens is 1. The van der Waals surface area contributed by atoms with Crippen LogP contribution in [0.5, 0.6) is 0 Å². The van der Waals surface area contributed by atoms with Gasteiger partial charge in [0.2, 0.25) is 0 Å². The standard InChI is InChI=1S/C18H16ClN3O2/c1-22(18-15(17(20)23)3-2-10-21-18)11-14-8-9-16(24-14)12-4-6-13(19)7-5-12/h2-10H,11H2,1H3,(H2,20,23). The molecule has 3 aromatic rings. The Labute approximate surface area is 144 Å². The summed E-state index contributed by atoms with van der Waals surface area (Å²) >= 11 is 5.90. The molecule has 0 aliphatic carbocycles. The summed E-state index contributed by atoms with van der Waals surface area (Å²) < 4.78 is 5.87. The Bertz CT molecular complexity index is 859. The van der Waals surface area contributed by atoms with Crippen LogP contribution in [-0.2, 0) is 6.54 Å². The highest BCUT2D eigenvalue weighted by molar-refractivity contribution is 6.30. The third kappa shape index (κ3) is 3.41. The molecule has 0 saturated carbocycles. The van der Waals surface area contributed by atoms with Crippen LogP contribution in [0.3, 0.4) is 0 Å². The zero-order valence-electron chi connectivity index (χ0n) is 13.1. The van der Waals surface area contributed by atoms with E-state index in [1.165, 1.54) is 0 Å². The van der Waals surface area contributed by atoms with E-state index in [0.717, 1.165) is 17.1 Å². The predicted molar refractivity (Wildman–Crippen MR) is 94.0 cm³/mol. The first-order chi connectivity index (χ1) is 11.5. The number of nitrogens with zero attached hydrogens (tertiary/aromatic N) is 2. The van der Waals surface area contributed by atoms with Crippen LogP contribution in [0.4, 0.5) is 5.82 Å². The van der Waals surface area contributed by atoms with Gasteiger partial charge in [-0.2, -0.15) is 0 Å². The van der Waals surface area contributed by atoms with Gasteiger partial charge >= 0.3 is 0 Å². The van der Waals surface area contributed by atoms with E-state index in [2.05, 4.69) is 4.98 Å². The van der Waals surface area contributed by atoms with Crippen LogP contribution in [0.2, 0.25) is 5.02 Å². The zero-order chi connectivity index (χ0) is 17.1. The second-order valence-corrected chi connectivity index (χ2v) is 5.80. The van der Waals surface area contributed by atoms with Crippen LogP contribution in [0, 0.1) is 0 Å². The largest absolute Gasteiger partial charge is 0.459 e. The molecule has 2 heterocycles. The van der Waals surface area contributed by atoms with E-state index in [9.17, 15) is 4.79 Å². The van der Waals surface area contributed by atoms with Crippen molar-refractivity contribution in [1.82, 2.24) is 4.98 Å². The fourth-order valence-corrected chi connectivity index (χ4v) is 2.56. The van der Waals surface area contributed by atoms with Crippen LogP contribution >= 0.6 is 11.6 Å². The molecule has 2 N–H and O–H groups in total. The Balaban J connectivity index is 1.80. The van der Waals surface area contributed by atoms with Gasteiger partial charge in [0.25, 0.3) is 5.91 Å². The van der Waals surface area contributed by atoms with Gasteiger partial charge in [-0.15, -0.1) is 0 Å². The van der Waals surface area contributed by atoms with Crippen molar-refractivity contribution in [2.24, 2.45) is 5.73 Å². The molecular formula is C18H16ClN3O2. The van der Waals surface area contributed by atoms with Crippen molar-refractivity contribution in [3.8, 4) is 11.3 Å². The maximum Gasteiger partial charge on any atom is 0.252 e. The summed E-state index contributed by atoms with van der Waals surface area (Å²) in [5.41, 5.74) is 6.73. The van der Waals surface area contributed by atoms with E-state index in [1.54, 1.807) is 18.3 Å². The lowest BCUT2D eigenvalue weighted by Crippen LogP contribution is -2.22. The van der Waals surface area contributed by atoms with Gasteiger partial charge in [-0.3, -0.25) is 4.79 Å². The quantitative estimate of drug-likeness (QED) is 0.767. The van der Waals surface area contributed by atoms with Crippen molar-refractivity contribution >= 4 is 23.3 Å². The minimum absolute atomic E-state index is 0.379. The molecular weight excluding hydrogens is 326 g/mol. The second-order valence-electron chi connectivity index (χ2n) is 5.37. The molecule has 0 spiro atoms. The van der Waals surface area contributed by atoms with E-state index in [-0.39, 0.29) is 0 Å². The number of carbonyl (C=O) groups is 1. The Hall–Kier alpha value is -2.79. The number of amides is 1. The van der Waals surface area contributed by atoms with Gasteiger partial charge in [-0.1, -0.05) is 11.6 Å². The average molecular weight is 342 g/mol. The summed E-state index contributed by atoms with van der Waals surface area (Å²) in [7, 11) is 1.83.